The molecular weight excluding hydrogens is 216 g/mol. The normalized spacial score (nSPS) is 14.1. The SMILES string of the molecule is CC(CO)CNC(=O)C(C)c1cccc(N)c1. The number of rotatable bonds is 5. The van der Waals surface area contributed by atoms with Gasteiger partial charge < -0.3 is 16.2 Å². The fraction of sp³-hybridized carbons (Fsp3) is 0.462. The Balaban J connectivity index is 2.57. The lowest BCUT2D eigenvalue weighted by Gasteiger charge is -2.15. The number of nitrogens with one attached hydrogen (secondary N) is 1. The maximum absolute atomic E-state index is 11.8. The molecule has 0 aliphatic heterocycles. The third-order valence-corrected chi connectivity index (χ3v) is 2.74. The number of hydrogen-bond donors (Lipinski definition) is 3. The second-order valence-corrected chi connectivity index (χ2v) is 4.42. The smallest absolute Gasteiger partial charge is 0.227 e. The fourth-order valence-corrected chi connectivity index (χ4v) is 1.47. The van der Waals surface area contributed by atoms with Crippen LogP contribution in [-0.4, -0.2) is 24.2 Å². The Kier molecular flexibility index (Phi) is 4.97. The molecule has 0 bridgehead atoms. The first-order valence-corrected chi connectivity index (χ1v) is 5.78. The number of aliphatic hydroxyl groups is 1. The zero-order valence-electron chi connectivity index (χ0n) is 10.3. The molecule has 1 rings (SSSR count). The summed E-state index contributed by atoms with van der Waals surface area (Å²) in [5.74, 6) is -0.202. The lowest BCUT2D eigenvalue weighted by molar-refractivity contribution is -0.122. The second-order valence-electron chi connectivity index (χ2n) is 4.42. The molecule has 0 spiro atoms. The second kappa shape index (κ2) is 6.25. The number of amides is 1. The maximum atomic E-state index is 11.8. The van der Waals surface area contributed by atoms with Crippen LogP contribution >= 0.6 is 0 Å². The van der Waals surface area contributed by atoms with E-state index in [2.05, 4.69) is 5.32 Å². The standard InChI is InChI=1S/C13H20N2O2/c1-9(8-16)7-15-13(17)10(2)11-4-3-5-12(14)6-11/h3-6,9-10,16H,7-8,14H2,1-2H3,(H,15,17). The molecule has 4 N–H and O–H groups in total. The van der Waals surface area contributed by atoms with Crippen molar-refractivity contribution in [2.45, 2.75) is 19.8 Å². The number of anilines is 1. The summed E-state index contributed by atoms with van der Waals surface area (Å²) in [5.41, 5.74) is 7.24. The zero-order chi connectivity index (χ0) is 12.8. The Morgan fingerprint density at radius 3 is 2.76 bits per heavy atom. The van der Waals surface area contributed by atoms with E-state index in [1.807, 2.05) is 26.0 Å². The molecule has 0 radical (unpaired) electrons. The third kappa shape index (κ3) is 4.07. The summed E-state index contributed by atoms with van der Waals surface area (Å²) in [7, 11) is 0. The molecule has 2 atom stereocenters. The van der Waals surface area contributed by atoms with Crippen molar-refractivity contribution >= 4 is 11.6 Å². The maximum Gasteiger partial charge on any atom is 0.227 e. The van der Waals surface area contributed by atoms with E-state index in [0.717, 1.165) is 5.56 Å². The predicted octanol–water partition coefficient (Wildman–Crippen LogP) is 1.12. The van der Waals surface area contributed by atoms with E-state index in [9.17, 15) is 4.79 Å². The number of nitrogen functional groups attached to an aromatic ring is 1. The third-order valence-electron chi connectivity index (χ3n) is 2.74. The summed E-state index contributed by atoms with van der Waals surface area (Å²) in [6.45, 7) is 4.29. The molecule has 4 nitrogen and oxygen atoms in total. The van der Waals surface area contributed by atoms with Crippen LogP contribution in [0.25, 0.3) is 0 Å². The summed E-state index contributed by atoms with van der Waals surface area (Å²) < 4.78 is 0. The van der Waals surface area contributed by atoms with E-state index < -0.39 is 0 Å². The molecule has 0 saturated heterocycles. The van der Waals surface area contributed by atoms with Gasteiger partial charge >= 0.3 is 0 Å². The minimum Gasteiger partial charge on any atom is -0.399 e. The number of carbonyl (C=O) groups is 1. The van der Waals surface area contributed by atoms with Gasteiger partial charge in [-0.15, -0.1) is 0 Å². The van der Waals surface area contributed by atoms with Gasteiger partial charge in [-0.05, 0) is 30.5 Å². The van der Waals surface area contributed by atoms with Gasteiger partial charge in [-0.2, -0.15) is 0 Å². The first kappa shape index (κ1) is 13.5. The van der Waals surface area contributed by atoms with Crippen molar-refractivity contribution in [2.75, 3.05) is 18.9 Å². The minimum absolute atomic E-state index is 0.0455. The average molecular weight is 236 g/mol. The van der Waals surface area contributed by atoms with Crippen molar-refractivity contribution in [1.29, 1.82) is 0 Å². The van der Waals surface area contributed by atoms with Gasteiger partial charge in [0, 0.05) is 18.8 Å². The summed E-state index contributed by atoms with van der Waals surface area (Å²) in [6, 6.07) is 7.32. The Bertz CT molecular complexity index is 379. The van der Waals surface area contributed by atoms with Gasteiger partial charge in [0.25, 0.3) is 0 Å². The highest BCUT2D eigenvalue weighted by Crippen LogP contribution is 2.17. The van der Waals surface area contributed by atoms with Crippen molar-refractivity contribution in [3.05, 3.63) is 29.8 Å². The number of benzene rings is 1. The van der Waals surface area contributed by atoms with Crippen molar-refractivity contribution in [2.24, 2.45) is 5.92 Å². The molecule has 0 fully saturated rings. The largest absolute Gasteiger partial charge is 0.399 e. The highest BCUT2D eigenvalue weighted by molar-refractivity contribution is 5.83. The van der Waals surface area contributed by atoms with E-state index in [-0.39, 0.29) is 24.3 Å². The van der Waals surface area contributed by atoms with Gasteiger partial charge in [0.2, 0.25) is 5.91 Å². The van der Waals surface area contributed by atoms with Gasteiger partial charge in [-0.3, -0.25) is 4.79 Å². The predicted molar refractivity (Wildman–Crippen MR) is 68.5 cm³/mol. The van der Waals surface area contributed by atoms with E-state index in [4.69, 9.17) is 10.8 Å². The van der Waals surface area contributed by atoms with Crippen LogP contribution in [0.15, 0.2) is 24.3 Å². The van der Waals surface area contributed by atoms with Gasteiger partial charge in [0.1, 0.15) is 0 Å². The van der Waals surface area contributed by atoms with Gasteiger partial charge in [-0.1, -0.05) is 19.1 Å². The Hall–Kier alpha value is -1.55. The molecule has 0 heterocycles. The topological polar surface area (TPSA) is 75.3 Å². The highest BCUT2D eigenvalue weighted by Gasteiger charge is 2.15. The van der Waals surface area contributed by atoms with Gasteiger partial charge in [0.15, 0.2) is 0 Å². The Morgan fingerprint density at radius 1 is 1.47 bits per heavy atom. The lowest BCUT2D eigenvalue weighted by Crippen LogP contribution is -2.32. The highest BCUT2D eigenvalue weighted by atomic mass is 16.3. The molecule has 0 saturated carbocycles. The molecule has 4 heteroatoms. The van der Waals surface area contributed by atoms with E-state index in [0.29, 0.717) is 12.2 Å². The number of nitrogens with two attached hydrogens (primary N) is 1. The first-order valence-electron chi connectivity index (χ1n) is 5.78. The van der Waals surface area contributed by atoms with Gasteiger partial charge in [0.05, 0.1) is 5.92 Å². The van der Waals surface area contributed by atoms with Crippen LogP contribution < -0.4 is 11.1 Å². The van der Waals surface area contributed by atoms with Gasteiger partial charge in [-0.25, -0.2) is 0 Å². The number of aliphatic hydroxyl groups excluding tert-OH is 1. The molecule has 1 aromatic rings. The molecule has 1 amide bonds. The van der Waals surface area contributed by atoms with E-state index in [1.165, 1.54) is 0 Å². The monoisotopic (exact) mass is 236 g/mol. The molecule has 0 aromatic heterocycles. The Morgan fingerprint density at radius 2 is 2.18 bits per heavy atom. The summed E-state index contributed by atoms with van der Waals surface area (Å²) in [4.78, 5) is 11.8. The van der Waals surface area contributed by atoms with E-state index >= 15 is 0 Å². The molecular formula is C13H20N2O2. The van der Waals surface area contributed by atoms with Crippen LogP contribution in [0.3, 0.4) is 0 Å². The van der Waals surface area contributed by atoms with Crippen LogP contribution in [0, 0.1) is 5.92 Å². The summed E-state index contributed by atoms with van der Waals surface area (Å²) in [6.07, 6.45) is 0. The van der Waals surface area contributed by atoms with Crippen LogP contribution in [-0.2, 0) is 4.79 Å². The summed E-state index contributed by atoms with van der Waals surface area (Å²) >= 11 is 0. The number of hydrogen-bond acceptors (Lipinski definition) is 3. The quantitative estimate of drug-likeness (QED) is 0.670. The van der Waals surface area contributed by atoms with E-state index in [1.54, 1.807) is 12.1 Å². The first-order chi connectivity index (χ1) is 8.04. The minimum atomic E-state index is -0.232. The molecule has 17 heavy (non-hydrogen) atoms. The van der Waals surface area contributed by atoms with Crippen molar-refractivity contribution in [3.63, 3.8) is 0 Å². The van der Waals surface area contributed by atoms with Crippen molar-refractivity contribution < 1.29 is 9.90 Å². The lowest BCUT2D eigenvalue weighted by atomic mass is 9.99. The fourth-order valence-electron chi connectivity index (χ4n) is 1.47. The zero-order valence-corrected chi connectivity index (χ0v) is 10.3. The average Bonchev–Trinajstić information content (AvgIpc) is 2.34. The van der Waals surface area contributed by atoms with Crippen molar-refractivity contribution in [3.8, 4) is 0 Å². The number of carbonyl (C=O) groups excluding carboxylic acids is 1. The molecule has 94 valence electrons. The molecule has 0 aliphatic rings. The van der Waals surface area contributed by atoms with Crippen LogP contribution in [0.1, 0.15) is 25.3 Å². The van der Waals surface area contributed by atoms with Crippen LogP contribution in [0.2, 0.25) is 0 Å². The van der Waals surface area contributed by atoms with Crippen LogP contribution in [0.5, 0.6) is 0 Å². The molecule has 1 aromatic carbocycles. The Labute approximate surface area is 102 Å². The molecule has 0 aliphatic carbocycles. The van der Waals surface area contributed by atoms with Crippen LogP contribution in [0.4, 0.5) is 5.69 Å². The van der Waals surface area contributed by atoms with Crippen molar-refractivity contribution in [1.82, 2.24) is 5.32 Å². The summed E-state index contributed by atoms with van der Waals surface area (Å²) in [5, 5.41) is 11.7. The molecule has 2 unspecified atom stereocenters.